The highest BCUT2D eigenvalue weighted by atomic mass is 16.3. The van der Waals surface area contributed by atoms with Crippen LogP contribution in [-0.4, -0.2) is 36.2 Å². The van der Waals surface area contributed by atoms with Gasteiger partial charge in [0.05, 0.1) is 0 Å². The van der Waals surface area contributed by atoms with Crippen molar-refractivity contribution in [1.82, 2.24) is 4.90 Å². The monoisotopic (exact) mass is 213 g/mol. The van der Waals surface area contributed by atoms with E-state index in [0.717, 1.165) is 12.5 Å². The van der Waals surface area contributed by atoms with Gasteiger partial charge in [-0.15, -0.1) is 0 Å². The molecule has 1 heterocycles. The molecule has 2 heteroatoms. The van der Waals surface area contributed by atoms with Crippen molar-refractivity contribution in [3.05, 3.63) is 0 Å². The number of aliphatic hydroxyl groups excluding tert-OH is 1. The van der Waals surface area contributed by atoms with Crippen molar-refractivity contribution < 1.29 is 5.11 Å². The van der Waals surface area contributed by atoms with Gasteiger partial charge >= 0.3 is 0 Å². The Labute approximate surface area is 94.7 Å². The fourth-order valence-corrected chi connectivity index (χ4v) is 2.45. The van der Waals surface area contributed by atoms with E-state index in [2.05, 4.69) is 25.7 Å². The van der Waals surface area contributed by atoms with Crippen LogP contribution in [0, 0.1) is 11.3 Å². The first kappa shape index (κ1) is 13.0. The van der Waals surface area contributed by atoms with E-state index in [0.29, 0.717) is 6.61 Å². The maximum Gasteiger partial charge on any atom is 0.0494 e. The van der Waals surface area contributed by atoms with Crippen LogP contribution in [0.25, 0.3) is 0 Å². The Morgan fingerprint density at radius 3 is 2.60 bits per heavy atom. The smallest absolute Gasteiger partial charge is 0.0494 e. The van der Waals surface area contributed by atoms with E-state index < -0.39 is 0 Å². The van der Waals surface area contributed by atoms with E-state index in [4.69, 9.17) is 0 Å². The molecule has 0 radical (unpaired) electrons. The Morgan fingerprint density at radius 2 is 2.00 bits per heavy atom. The first-order chi connectivity index (χ1) is 7.07. The molecule has 0 bridgehead atoms. The standard InChI is InChI=1S/C13H27NO/c1-4-12-6-5-8-14(9-7-12)10-13(2,3)11-15/h12,15H,4-11H2,1-3H3. The third kappa shape index (κ3) is 4.52. The van der Waals surface area contributed by atoms with Gasteiger partial charge in [0.15, 0.2) is 0 Å². The molecule has 1 unspecified atom stereocenters. The first-order valence-electron chi connectivity index (χ1n) is 6.40. The van der Waals surface area contributed by atoms with Crippen molar-refractivity contribution in [1.29, 1.82) is 0 Å². The molecule has 15 heavy (non-hydrogen) atoms. The molecular formula is C13H27NO. The molecule has 0 saturated carbocycles. The van der Waals surface area contributed by atoms with Crippen LogP contribution in [0.3, 0.4) is 0 Å². The molecule has 1 aliphatic rings. The quantitative estimate of drug-likeness (QED) is 0.775. The number of aliphatic hydroxyl groups is 1. The van der Waals surface area contributed by atoms with E-state index in [1.165, 1.54) is 38.8 Å². The van der Waals surface area contributed by atoms with Crippen LogP contribution >= 0.6 is 0 Å². The van der Waals surface area contributed by atoms with Crippen molar-refractivity contribution in [2.75, 3.05) is 26.2 Å². The summed E-state index contributed by atoms with van der Waals surface area (Å²) in [5, 5.41) is 9.27. The van der Waals surface area contributed by atoms with E-state index in [-0.39, 0.29) is 5.41 Å². The summed E-state index contributed by atoms with van der Waals surface area (Å²) in [5.74, 6) is 0.937. The molecule has 1 aliphatic heterocycles. The lowest BCUT2D eigenvalue weighted by atomic mass is 9.94. The molecule has 90 valence electrons. The second kappa shape index (κ2) is 5.86. The molecule has 1 N–H and O–H groups in total. The summed E-state index contributed by atoms with van der Waals surface area (Å²) in [7, 11) is 0. The van der Waals surface area contributed by atoms with E-state index >= 15 is 0 Å². The average Bonchev–Trinajstić information content (AvgIpc) is 2.43. The first-order valence-corrected chi connectivity index (χ1v) is 6.40. The zero-order valence-electron chi connectivity index (χ0n) is 10.6. The van der Waals surface area contributed by atoms with Gasteiger partial charge in [0.25, 0.3) is 0 Å². The lowest BCUT2D eigenvalue weighted by Crippen LogP contribution is -2.37. The van der Waals surface area contributed by atoms with Crippen LogP contribution in [0.5, 0.6) is 0 Å². The number of hydrogen-bond acceptors (Lipinski definition) is 2. The molecule has 0 aromatic heterocycles. The lowest BCUT2D eigenvalue weighted by Gasteiger charge is -2.30. The largest absolute Gasteiger partial charge is 0.396 e. The molecule has 0 amide bonds. The molecule has 0 aromatic carbocycles. The van der Waals surface area contributed by atoms with Crippen LogP contribution in [0.4, 0.5) is 0 Å². The SMILES string of the molecule is CCC1CCCN(CC(C)(C)CO)CC1. The van der Waals surface area contributed by atoms with Gasteiger partial charge in [-0.3, -0.25) is 0 Å². The van der Waals surface area contributed by atoms with Gasteiger partial charge in [-0.2, -0.15) is 0 Å². The van der Waals surface area contributed by atoms with Crippen LogP contribution in [0.15, 0.2) is 0 Å². The second-order valence-corrected chi connectivity index (χ2v) is 5.80. The Morgan fingerprint density at radius 1 is 1.27 bits per heavy atom. The molecule has 0 aliphatic carbocycles. The Balaban J connectivity index is 2.37. The summed E-state index contributed by atoms with van der Waals surface area (Å²) in [5.41, 5.74) is 0.0616. The fraction of sp³-hybridized carbons (Fsp3) is 1.00. The van der Waals surface area contributed by atoms with Crippen LogP contribution < -0.4 is 0 Å². The Hall–Kier alpha value is -0.0800. The van der Waals surface area contributed by atoms with Crippen molar-refractivity contribution in [2.45, 2.75) is 46.5 Å². The zero-order chi connectivity index (χ0) is 11.3. The van der Waals surface area contributed by atoms with Crippen LogP contribution in [-0.2, 0) is 0 Å². The highest BCUT2D eigenvalue weighted by Gasteiger charge is 2.23. The summed E-state index contributed by atoms with van der Waals surface area (Å²) < 4.78 is 0. The summed E-state index contributed by atoms with van der Waals surface area (Å²) in [4.78, 5) is 2.53. The Bertz CT molecular complexity index is 179. The van der Waals surface area contributed by atoms with Crippen molar-refractivity contribution >= 4 is 0 Å². The predicted octanol–water partition coefficient (Wildman–Crippen LogP) is 2.52. The van der Waals surface area contributed by atoms with Gasteiger partial charge in [-0.05, 0) is 38.3 Å². The average molecular weight is 213 g/mol. The number of rotatable bonds is 4. The zero-order valence-corrected chi connectivity index (χ0v) is 10.6. The lowest BCUT2D eigenvalue weighted by molar-refractivity contribution is 0.104. The molecule has 1 atom stereocenters. The van der Waals surface area contributed by atoms with Crippen molar-refractivity contribution in [3.63, 3.8) is 0 Å². The minimum Gasteiger partial charge on any atom is -0.396 e. The normalized spacial score (nSPS) is 25.2. The maximum atomic E-state index is 9.27. The van der Waals surface area contributed by atoms with Gasteiger partial charge in [0.2, 0.25) is 0 Å². The number of hydrogen-bond donors (Lipinski definition) is 1. The minimum atomic E-state index is 0.0616. The minimum absolute atomic E-state index is 0.0616. The van der Waals surface area contributed by atoms with Gasteiger partial charge in [0.1, 0.15) is 0 Å². The van der Waals surface area contributed by atoms with Gasteiger partial charge < -0.3 is 10.0 Å². The van der Waals surface area contributed by atoms with Gasteiger partial charge in [-0.25, -0.2) is 0 Å². The van der Waals surface area contributed by atoms with Crippen molar-refractivity contribution in [2.24, 2.45) is 11.3 Å². The van der Waals surface area contributed by atoms with E-state index in [1.54, 1.807) is 0 Å². The third-order valence-electron chi connectivity index (χ3n) is 3.60. The third-order valence-corrected chi connectivity index (χ3v) is 3.60. The fourth-order valence-electron chi connectivity index (χ4n) is 2.45. The molecule has 0 spiro atoms. The summed E-state index contributed by atoms with van der Waals surface area (Å²) in [6, 6.07) is 0. The topological polar surface area (TPSA) is 23.5 Å². The molecule has 1 saturated heterocycles. The van der Waals surface area contributed by atoms with E-state index in [1.807, 2.05) is 0 Å². The van der Waals surface area contributed by atoms with E-state index in [9.17, 15) is 5.11 Å². The van der Waals surface area contributed by atoms with Gasteiger partial charge in [0, 0.05) is 18.6 Å². The van der Waals surface area contributed by atoms with Crippen molar-refractivity contribution in [3.8, 4) is 0 Å². The highest BCUT2D eigenvalue weighted by Crippen LogP contribution is 2.23. The second-order valence-electron chi connectivity index (χ2n) is 5.80. The molecule has 0 aromatic rings. The molecular weight excluding hydrogens is 186 g/mol. The highest BCUT2D eigenvalue weighted by molar-refractivity contribution is 4.76. The summed E-state index contributed by atoms with van der Waals surface area (Å²) >= 11 is 0. The van der Waals surface area contributed by atoms with Crippen LogP contribution in [0.2, 0.25) is 0 Å². The molecule has 1 fully saturated rings. The Kier molecular flexibility index (Phi) is 5.07. The molecule has 2 nitrogen and oxygen atoms in total. The maximum absolute atomic E-state index is 9.27. The summed E-state index contributed by atoms with van der Waals surface area (Å²) in [6.45, 7) is 10.4. The molecule has 1 rings (SSSR count). The van der Waals surface area contributed by atoms with Crippen LogP contribution in [0.1, 0.15) is 46.5 Å². The predicted molar refractivity (Wildman–Crippen MR) is 64.9 cm³/mol. The van der Waals surface area contributed by atoms with Gasteiger partial charge in [-0.1, -0.05) is 27.2 Å². The summed E-state index contributed by atoms with van der Waals surface area (Å²) in [6.07, 6.45) is 5.40. The number of nitrogens with zero attached hydrogens (tertiary/aromatic N) is 1. The number of likely N-dealkylation sites (tertiary alicyclic amines) is 1.